The fourth-order valence-corrected chi connectivity index (χ4v) is 9.42. The van der Waals surface area contributed by atoms with Crippen LogP contribution in [-0.2, 0) is 0 Å². The first kappa shape index (κ1) is 31.7. The van der Waals surface area contributed by atoms with Gasteiger partial charge in [-0.05, 0) is 95.6 Å². The minimum atomic E-state index is 1.14. The van der Waals surface area contributed by atoms with Crippen LogP contribution in [0.4, 0.5) is 0 Å². The second-order valence-electron chi connectivity index (χ2n) is 14.9. The number of hydrogen-bond acceptors (Lipinski definition) is 0. The molecule has 0 spiro atoms. The van der Waals surface area contributed by atoms with Crippen LogP contribution in [0, 0.1) is 0 Å². The van der Waals surface area contributed by atoms with E-state index in [1.807, 2.05) is 0 Å². The van der Waals surface area contributed by atoms with Gasteiger partial charge in [0.2, 0.25) is 0 Å². The van der Waals surface area contributed by atoms with Crippen molar-refractivity contribution in [2.75, 3.05) is 0 Å². The highest BCUT2D eigenvalue weighted by molar-refractivity contribution is 6.22. The lowest BCUT2D eigenvalue weighted by Crippen LogP contribution is -1.96. The van der Waals surface area contributed by atoms with Gasteiger partial charge < -0.3 is 13.7 Å². The Labute approximate surface area is 329 Å². The lowest BCUT2D eigenvalue weighted by atomic mass is 9.92. The van der Waals surface area contributed by atoms with Crippen LogP contribution < -0.4 is 0 Å². The summed E-state index contributed by atoms with van der Waals surface area (Å²) < 4.78 is 7.29. The summed E-state index contributed by atoms with van der Waals surface area (Å²) in [5, 5.41) is 7.46. The van der Waals surface area contributed by atoms with Gasteiger partial charge in [-0.15, -0.1) is 0 Å². The van der Waals surface area contributed by atoms with Crippen LogP contribution in [0.25, 0.3) is 105 Å². The molecule has 9 aromatic carbocycles. The molecular weight excluding hydrogens is 691 g/mol. The van der Waals surface area contributed by atoms with Gasteiger partial charge in [0.1, 0.15) is 0 Å². The number of nitrogens with zero attached hydrogens (tertiary/aromatic N) is 3. The van der Waals surface area contributed by atoms with Gasteiger partial charge >= 0.3 is 0 Å². The van der Waals surface area contributed by atoms with E-state index in [1.165, 1.54) is 87.7 Å². The zero-order valence-electron chi connectivity index (χ0n) is 31.0. The molecular formula is C54H35N3. The quantitative estimate of drug-likeness (QED) is 0.168. The Bertz CT molecular complexity index is 3500. The first-order valence-electron chi connectivity index (χ1n) is 19.6. The van der Waals surface area contributed by atoms with Crippen LogP contribution in [-0.4, -0.2) is 13.7 Å². The molecule has 57 heavy (non-hydrogen) atoms. The number of aromatic nitrogens is 3. The van der Waals surface area contributed by atoms with Gasteiger partial charge in [0.25, 0.3) is 0 Å². The molecule has 0 saturated heterocycles. The zero-order valence-corrected chi connectivity index (χ0v) is 31.0. The number of benzene rings is 9. The van der Waals surface area contributed by atoms with Gasteiger partial charge in [-0.2, -0.15) is 0 Å². The van der Waals surface area contributed by atoms with Crippen molar-refractivity contribution in [2.45, 2.75) is 0 Å². The first-order valence-corrected chi connectivity index (χ1v) is 19.6. The Morgan fingerprint density at radius 3 is 1.37 bits per heavy atom. The molecule has 0 radical (unpaired) electrons. The number of fused-ring (bicyclic) bond motifs is 9. The Morgan fingerprint density at radius 2 is 0.719 bits per heavy atom. The van der Waals surface area contributed by atoms with Crippen LogP contribution in [0.15, 0.2) is 212 Å². The Kier molecular flexibility index (Phi) is 6.93. The van der Waals surface area contributed by atoms with E-state index >= 15 is 0 Å². The standard InChI is InChI=1S/C54H35N3/c1-4-17-38(18-5-1)55-48-28-13-11-24-42(48)46-33-36(31-32-51(46)55)37-34-47(53-45-25-12-15-30-50(45)56(52(53)35-37)39-19-6-2-7-20-39)44-27-16-26-43-41-23-10-14-29-49(41)57(54(43)44)40-21-8-3-9-22-40/h1-35H. The Hall–Kier alpha value is -7.62. The lowest BCUT2D eigenvalue weighted by molar-refractivity contribution is 1.18. The Balaban J connectivity index is 1.22. The van der Waals surface area contributed by atoms with Crippen molar-refractivity contribution in [3.63, 3.8) is 0 Å². The average Bonchev–Trinajstić information content (AvgIpc) is 3.93. The second kappa shape index (κ2) is 12.5. The molecule has 0 aliphatic rings. The van der Waals surface area contributed by atoms with Crippen molar-refractivity contribution in [2.24, 2.45) is 0 Å². The minimum absolute atomic E-state index is 1.14. The average molecular weight is 726 g/mol. The molecule has 0 fully saturated rings. The predicted octanol–water partition coefficient (Wildman–Crippen LogP) is 14.3. The van der Waals surface area contributed by atoms with E-state index in [0.717, 1.165) is 17.1 Å². The van der Waals surface area contributed by atoms with E-state index in [-0.39, 0.29) is 0 Å². The third kappa shape index (κ3) is 4.73. The molecule has 0 atom stereocenters. The fourth-order valence-electron chi connectivity index (χ4n) is 9.42. The summed E-state index contributed by atoms with van der Waals surface area (Å²) in [4.78, 5) is 0. The molecule has 3 nitrogen and oxygen atoms in total. The van der Waals surface area contributed by atoms with Crippen molar-refractivity contribution in [1.29, 1.82) is 0 Å². The summed E-state index contributed by atoms with van der Waals surface area (Å²) in [7, 11) is 0. The molecule has 3 heterocycles. The van der Waals surface area contributed by atoms with Crippen molar-refractivity contribution in [3.8, 4) is 39.3 Å². The molecule has 0 unspecified atom stereocenters. The maximum absolute atomic E-state index is 2.46. The van der Waals surface area contributed by atoms with Gasteiger partial charge in [-0.1, -0.05) is 133 Å². The predicted molar refractivity (Wildman–Crippen MR) is 240 cm³/mol. The minimum Gasteiger partial charge on any atom is -0.309 e. The van der Waals surface area contributed by atoms with Crippen molar-refractivity contribution >= 4 is 65.4 Å². The molecule has 0 N–H and O–H groups in total. The molecule has 3 heteroatoms. The largest absolute Gasteiger partial charge is 0.309 e. The molecule has 0 aliphatic carbocycles. The van der Waals surface area contributed by atoms with Crippen LogP contribution in [0.3, 0.4) is 0 Å². The SMILES string of the molecule is c1ccc(-n2c3ccccc3c3cc(-c4cc(-c5cccc6c7ccccc7n(-c7ccccc7)c56)c5c6ccccc6n(-c6ccccc6)c5c4)ccc32)cc1. The highest BCUT2D eigenvalue weighted by Crippen LogP contribution is 2.46. The smallest absolute Gasteiger partial charge is 0.0619 e. The normalized spacial score (nSPS) is 11.9. The van der Waals surface area contributed by atoms with Crippen molar-refractivity contribution in [1.82, 2.24) is 13.7 Å². The number of rotatable bonds is 5. The van der Waals surface area contributed by atoms with Crippen molar-refractivity contribution in [3.05, 3.63) is 212 Å². The van der Waals surface area contributed by atoms with Gasteiger partial charge in [0, 0.05) is 54.9 Å². The summed E-state index contributed by atoms with van der Waals surface area (Å²) in [6.45, 7) is 0. The van der Waals surface area contributed by atoms with Gasteiger partial charge in [0.15, 0.2) is 0 Å². The van der Waals surface area contributed by atoms with Crippen LogP contribution >= 0.6 is 0 Å². The number of hydrogen-bond donors (Lipinski definition) is 0. The topological polar surface area (TPSA) is 14.8 Å². The molecule has 3 aromatic heterocycles. The van der Waals surface area contributed by atoms with Crippen LogP contribution in [0.5, 0.6) is 0 Å². The maximum atomic E-state index is 2.46. The highest BCUT2D eigenvalue weighted by Gasteiger charge is 2.23. The molecule has 0 amide bonds. The van der Waals surface area contributed by atoms with Crippen LogP contribution in [0.2, 0.25) is 0 Å². The summed E-state index contributed by atoms with van der Waals surface area (Å²) >= 11 is 0. The summed E-state index contributed by atoms with van der Waals surface area (Å²) in [6.07, 6.45) is 0. The maximum Gasteiger partial charge on any atom is 0.0619 e. The fraction of sp³-hybridized carbons (Fsp3) is 0. The van der Waals surface area contributed by atoms with Gasteiger partial charge in [-0.3, -0.25) is 0 Å². The van der Waals surface area contributed by atoms with Crippen molar-refractivity contribution < 1.29 is 0 Å². The van der Waals surface area contributed by atoms with E-state index in [1.54, 1.807) is 0 Å². The van der Waals surface area contributed by atoms with Gasteiger partial charge in [-0.25, -0.2) is 0 Å². The monoisotopic (exact) mass is 725 g/mol. The van der Waals surface area contributed by atoms with E-state index in [4.69, 9.17) is 0 Å². The highest BCUT2D eigenvalue weighted by atomic mass is 15.0. The van der Waals surface area contributed by atoms with Crippen LogP contribution in [0.1, 0.15) is 0 Å². The molecule has 0 aliphatic heterocycles. The summed E-state index contributed by atoms with van der Waals surface area (Å²) in [5.74, 6) is 0. The Morgan fingerprint density at radius 1 is 0.246 bits per heavy atom. The molecule has 0 bridgehead atoms. The molecule has 12 rings (SSSR count). The van der Waals surface area contributed by atoms with E-state index in [0.29, 0.717) is 0 Å². The molecule has 266 valence electrons. The third-order valence-electron chi connectivity index (χ3n) is 11.8. The molecule has 0 saturated carbocycles. The summed E-state index contributed by atoms with van der Waals surface area (Å²) in [6, 6.07) is 77.5. The second-order valence-corrected chi connectivity index (χ2v) is 14.9. The van der Waals surface area contributed by atoms with E-state index < -0.39 is 0 Å². The lowest BCUT2D eigenvalue weighted by Gasteiger charge is -2.15. The summed E-state index contributed by atoms with van der Waals surface area (Å²) in [5.41, 5.74) is 15.4. The zero-order chi connectivity index (χ0) is 37.5. The first-order chi connectivity index (χ1) is 28.3. The van der Waals surface area contributed by atoms with Gasteiger partial charge in [0.05, 0.1) is 33.1 Å². The molecule has 12 aromatic rings. The third-order valence-corrected chi connectivity index (χ3v) is 11.8. The van der Waals surface area contributed by atoms with E-state index in [9.17, 15) is 0 Å². The van der Waals surface area contributed by atoms with E-state index in [2.05, 4.69) is 226 Å². The number of para-hydroxylation sites is 7.